The third kappa shape index (κ3) is 3.90. The summed E-state index contributed by atoms with van der Waals surface area (Å²) in [5.74, 6) is 0. The Bertz CT molecular complexity index is 563. The van der Waals surface area contributed by atoms with Crippen LogP contribution in [0.25, 0.3) is 10.7 Å². The molecule has 0 aliphatic rings. The van der Waals surface area contributed by atoms with Crippen LogP contribution in [0.2, 0.25) is 0 Å². The van der Waals surface area contributed by atoms with Crippen molar-refractivity contribution >= 4 is 11.3 Å². The summed E-state index contributed by atoms with van der Waals surface area (Å²) in [5.41, 5.74) is 2.31. The summed E-state index contributed by atoms with van der Waals surface area (Å²) in [4.78, 5) is 6.12. The average Bonchev–Trinajstić information content (AvgIpc) is 2.93. The molecule has 1 N–H and O–H groups in total. The van der Waals surface area contributed by atoms with Gasteiger partial charge in [0.2, 0.25) is 0 Å². The van der Waals surface area contributed by atoms with Gasteiger partial charge in [-0.15, -0.1) is 11.3 Å². The summed E-state index contributed by atoms with van der Waals surface area (Å²) in [6.07, 6.45) is 4.11. The van der Waals surface area contributed by atoms with Crippen molar-refractivity contribution in [2.45, 2.75) is 52.6 Å². The molecule has 5 heteroatoms. The Morgan fingerprint density at radius 1 is 1.35 bits per heavy atom. The van der Waals surface area contributed by atoms with Crippen molar-refractivity contribution in [3.8, 4) is 10.7 Å². The molecule has 110 valence electrons. The first kappa shape index (κ1) is 15.2. The standard InChI is InChI=1S/C15H24N4S/c1-6-7-11-13(10-16-15(2,3)4)20-14(17-11)12-8-9-19(5)18-12/h8-9,16H,6-7,10H2,1-5H3. The van der Waals surface area contributed by atoms with E-state index < -0.39 is 0 Å². The van der Waals surface area contributed by atoms with Crippen molar-refractivity contribution < 1.29 is 0 Å². The van der Waals surface area contributed by atoms with E-state index in [9.17, 15) is 0 Å². The van der Waals surface area contributed by atoms with Crippen LogP contribution >= 0.6 is 11.3 Å². The maximum Gasteiger partial charge on any atom is 0.144 e. The molecule has 20 heavy (non-hydrogen) atoms. The molecule has 2 aromatic heterocycles. The molecule has 0 aliphatic carbocycles. The molecule has 0 unspecified atom stereocenters. The highest BCUT2D eigenvalue weighted by molar-refractivity contribution is 7.15. The molecule has 0 spiro atoms. The van der Waals surface area contributed by atoms with E-state index in [-0.39, 0.29) is 5.54 Å². The zero-order valence-corrected chi connectivity index (χ0v) is 13.8. The SMILES string of the molecule is CCCc1nc(-c2ccn(C)n2)sc1CNC(C)(C)C. The lowest BCUT2D eigenvalue weighted by Gasteiger charge is -2.20. The van der Waals surface area contributed by atoms with Crippen LogP contribution in [0, 0.1) is 0 Å². The normalized spacial score (nSPS) is 12.1. The van der Waals surface area contributed by atoms with E-state index in [2.05, 4.69) is 38.1 Å². The Labute approximate surface area is 125 Å². The topological polar surface area (TPSA) is 42.7 Å². The van der Waals surface area contributed by atoms with Crippen molar-refractivity contribution in [1.29, 1.82) is 0 Å². The van der Waals surface area contributed by atoms with E-state index in [0.717, 1.165) is 30.1 Å². The molecule has 0 bridgehead atoms. The van der Waals surface area contributed by atoms with E-state index in [4.69, 9.17) is 4.98 Å². The van der Waals surface area contributed by atoms with E-state index >= 15 is 0 Å². The molecule has 0 aromatic carbocycles. The lowest BCUT2D eigenvalue weighted by atomic mass is 10.1. The Hall–Kier alpha value is -1.20. The smallest absolute Gasteiger partial charge is 0.144 e. The fourth-order valence-electron chi connectivity index (χ4n) is 1.94. The molecule has 0 atom stereocenters. The molecule has 0 aliphatic heterocycles. The van der Waals surface area contributed by atoms with Crippen LogP contribution < -0.4 is 5.32 Å². The third-order valence-electron chi connectivity index (χ3n) is 2.98. The molecule has 0 radical (unpaired) electrons. The highest BCUT2D eigenvalue weighted by atomic mass is 32.1. The second kappa shape index (κ2) is 6.06. The fourth-order valence-corrected chi connectivity index (χ4v) is 2.95. The predicted octanol–water partition coefficient (Wildman–Crippen LogP) is 3.38. The van der Waals surface area contributed by atoms with Gasteiger partial charge in [-0.05, 0) is 33.3 Å². The summed E-state index contributed by atoms with van der Waals surface area (Å²) in [5, 5.41) is 9.03. The number of nitrogens with zero attached hydrogens (tertiary/aromatic N) is 3. The van der Waals surface area contributed by atoms with Gasteiger partial charge in [0.15, 0.2) is 0 Å². The number of nitrogens with one attached hydrogen (secondary N) is 1. The van der Waals surface area contributed by atoms with Crippen molar-refractivity contribution in [2.75, 3.05) is 0 Å². The average molecular weight is 292 g/mol. The van der Waals surface area contributed by atoms with Gasteiger partial charge in [-0.2, -0.15) is 5.10 Å². The van der Waals surface area contributed by atoms with Gasteiger partial charge in [0, 0.05) is 30.2 Å². The predicted molar refractivity (Wildman–Crippen MR) is 84.9 cm³/mol. The molecule has 0 saturated heterocycles. The number of rotatable bonds is 5. The lowest BCUT2D eigenvalue weighted by molar-refractivity contribution is 0.425. The van der Waals surface area contributed by atoms with Gasteiger partial charge >= 0.3 is 0 Å². The Kier molecular flexibility index (Phi) is 4.60. The van der Waals surface area contributed by atoms with Crippen LogP contribution in [0.1, 0.15) is 44.7 Å². The lowest BCUT2D eigenvalue weighted by Crippen LogP contribution is -2.35. The van der Waals surface area contributed by atoms with Crippen LogP contribution in [0.4, 0.5) is 0 Å². The van der Waals surface area contributed by atoms with Crippen molar-refractivity contribution in [2.24, 2.45) is 7.05 Å². The van der Waals surface area contributed by atoms with Crippen molar-refractivity contribution in [1.82, 2.24) is 20.1 Å². The molecule has 2 heterocycles. The van der Waals surface area contributed by atoms with Crippen LogP contribution in [0.5, 0.6) is 0 Å². The monoisotopic (exact) mass is 292 g/mol. The first-order valence-corrected chi connectivity index (χ1v) is 7.94. The van der Waals surface area contributed by atoms with Gasteiger partial charge < -0.3 is 5.32 Å². The molecular formula is C15H24N4S. The first-order valence-electron chi connectivity index (χ1n) is 7.12. The Morgan fingerprint density at radius 3 is 2.65 bits per heavy atom. The van der Waals surface area contributed by atoms with Crippen LogP contribution in [0.3, 0.4) is 0 Å². The number of hydrogen-bond donors (Lipinski definition) is 1. The van der Waals surface area contributed by atoms with E-state index in [1.807, 2.05) is 24.0 Å². The summed E-state index contributed by atoms with van der Waals surface area (Å²) in [6, 6.07) is 2.02. The van der Waals surface area contributed by atoms with Crippen molar-refractivity contribution in [3.05, 3.63) is 22.8 Å². The van der Waals surface area contributed by atoms with Crippen LogP contribution in [-0.2, 0) is 20.0 Å². The van der Waals surface area contributed by atoms with Gasteiger partial charge in [0.25, 0.3) is 0 Å². The molecule has 0 saturated carbocycles. The van der Waals surface area contributed by atoms with E-state index in [1.165, 1.54) is 10.6 Å². The Balaban J connectivity index is 2.23. The van der Waals surface area contributed by atoms with E-state index in [0.29, 0.717) is 0 Å². The summed E-state index contributed by atoms with van der Waals surface area (Å²) >= 11 is 1.76. The number of thiazole rings is 1. The first-order chi connectivity index (χ1) is 9.39. The molecule has 0 fully saturated rings. The maximum absolute atomic E-state index is 4.79. The summed E-state index contributed by atoms with van der Waals surface area (Å²) in [7, 11) is 1.94. The van der Waals surface area contributed by atoms with Gasteiger partial charge in [0.1, 0.15) is 10.7 Å². The maximum atomic E-state index is 4.79. The number of hydrogen-bond acceptors (Lipinski definition) is 4. The second-order valence-electron chi connectivity index (χ2n) is 6.12. The van der Waals surface area contributed by atoms with E-state index in [1.54, 1.807) is 11.3 Å². The molecule has 2 aromatic rings. The molecule has 0 amide bonds. The minimum absolute atomic E-state index is 0.124. The van der Waals surface area contributed by atoms with Gasteiger partial charge in [-0.1, -0.05) is 13.3 Å². The number of aromatic nitrogens is 3. The van der Waals surface area contributed by atoms with Crippen LogP contribution in [0.15, 0.2) is 12.3 Å². The quantitative estimate of drug-likeness (QED) is 0.918. The summed E-state index contributed by atoms with van der Waals surface area (Å²) < 4.78 is 1.82. The Morgan fingerprint density at radius 2 is 2.10 bits per heavy atom. The van der Waals surface area contributed by atoms with Gasteiger partial charge in [-0.3, -0.25) is 4.68 Å². The largest absolute Gasteiger partial charge is 0.307 e. The fraction of sp³-hybridized carbons (Fsp3) is 0.600. The van der Waals surface area contributed by atoms with Crippen molar-refractivity contribution in [3.63, 3.8) is 0 Å². The third-order valence-corrected chi connectivity index (χ3v) is 4.10. The summed E-state index contributed by atoms with van der Waals surface area (Å²) in [6.45, 7) is 9.64. The molecule has 4 nitrogen and oxygen atoms in total. The second-order valence-corrected chi connectivity index (χ2v) is 7.20. The zero-order valence-electron chi connectivity index (χ0n) is 13.0. The highest BCUT2D eigenvalue weighted by Gasteiger charge is 2.16. The van der Waals surface area contributed by atoms with Gasteiger partial charge in [-0.25, -0.2) is 4.98 Å². The highest BCUT2D eigenvalue weighted by Crippen LogP contribution is 2.28. The minimum atomic E-state index is 0.124. The zero-order chi connectivity index (χ0) is 14.8. The number of aryl methyl sites for hydroxylation is 2. The minimum Gasteiger partial charge on any atom is -0.307 e. The van der Waals surface area contributed by atoms with Crippen LogP contribution in [-0.4, -0.2) is 20.3 Å². The van der Waals surface area contributed by atoms with Gasteiger partial charge in [0.05, 0.1) is 5.69 Å². The molecular weight excluding hydrogens is 268 g/mol. The molecule has 2 rings (SSSR count).